The van der Waals surface area contributed by atoms with Crippen LogP contribution in [0.5, 0.6) is 0 Å². The molecule has 2 N–H and O–H groups in total. The van der Waals surface area contributed by atoms with Gasteiger partial charge in [-0.05, 0) is 4.57 Å². The molecule has 0 aromatic heterocycles. The summed E-state index contributed by atoms with van der Waals surface area (Å²) >= 11 is 0. The molecule has 0 radical (unpaired) electrons. The summed E-state index contributed by atoms with van der Waals surface area (Å²) < 4.78 is 13.3. The third-order valence-corrected chi connectivity index (χ3v) is 0.677. The molecule has 0 bridgehead atoms. The molecule has 0 saturated heterocycles. The zero-order chi connectivity index (χ0) is 4.28. The van der Waals surface area contributed by atoms with E-state index in [-0.39, 0.29) is 0 Å². The van der Waals surface area contributed by atoms with Crippen LogP contribution in [0.2, 0.25) is 0 Å². The lowest BCUT2D eigenvalue weighted by Crippen LogP contribution is -1.82. The Hall–Kier alpha value is 0.450. The van der Waals surface area contributed by atoms with Crippen LogP contribution in [0.1, 0.15) is 0 Å². The number of rotatable bonds is 1. The lowest BCUT2D eigenvalue weighted by atomic mass is 13.6. The fraction of sp³-hybridized carbons (Fsp3) is 0. The molecule has 0 aliphatic heterocycles. The Balaban J connectivity index is 2.85. The van der Waals surface area contributed by atoms with E-state index >= 15 is 0 Å². The molecule has 2 atom stereocenters. The zero-order valence-electron chi connectivity index (χ0n) is 2.42. The van der Waals surface area contributed by atoms with Gasteiger partial charge in [-0.25, -0.2) is 0 Å². The van der Waals surface area contributed by atoms with Gasteiger partial charge in [0.15, 0.2) is 8.93 Å². The second kappa shape index (κ2) is 2.67. The normalized spacial score (nSPS) is 11.2. The van der Waals surface area contributed by atoms with Crippen LogP contribution in [-0.2, 0) is 9.19 Å². The predicted octanol–water partition coefficient (Wildman–Crippen LogP) is 0.409. The maximum atomic E-state index is 9.58. The highest BCUT2D eigenvalue weighted by Crippen LogP contribution is 2.27. The number of hydrogen-bond acceptors (Lipinski definition) is 3. The van der Waals surface area contributed by atoms with Crippen LogP contribution in [0.25, 0.3) is 0 Å². The van der Waals surface area contributed by atoms with E-state index in [4.69, 9.17) is 0 Å². The van der Waals surface area contributed by atoms with Gasteiger partial charge < -0.3 is 0 Å². The highest BCUT2D eigenvalue weighted by Gasteiger charge is 1.98. The molecule has 30 valence electrons. The van der Waals surface area contributed by atoms with Crippen LogP contribution < -0.4 is 5.90 Å². The average Bonchev–Trinajstić information content (AvgIpc) is 1.38. The van der Waals surface area contributed by atoms with Crippen molar-refractivity contribution in [1.82, 2.24) is 0 Å². The van der Waals surface area contributed by atoms with E-state index in [2.05, 4.69) is 10.5 Å². The Morgan fingerprint density at radius 1 is 2.00 bits per heavy atom. The molecule has 0 aliphatic rings. The van der Waals surface area contributed by atoms with Crippen molar-refractivity contribution in [2.24, 2.45) is 5.90 Å². The smallest absolute Gasteiger partial charge is 0.164 e. The van der Waals surface area contributed by atoms with Gasteiger partial charge in [0, 0.05) is 0 Å². The molecule has 3 nitrogen and oxygen atoms in total. The molecule has 0 saturated carbocycles. The fourth-order valence-electron chi connectivity index (χ4n) is 0. The lowest BCUT2D eigenvalue weighted by molar-refractivity contribution is 0.357. The van der Waals surface area contributed by atoms with Gasteiger partial charge in [0.1, 0.15) is 0 Å². The summed E-state index contributed by atoms with van der Waals surface area (Å²) in [5, 5.41) is 0. The molecule has 0 aromatic rings. The van der Waals surface area contributed by atoms with Crippen LogP contribution in [0, 0.1) is 0 Å². The highest BCUT2D eigenvalue weighted by molar-refractivity contribution is 8.03. The van der Waals surface area contributed by atoms with Crippen molar-refractivity contribution in [2.45, 2.75) is 0 Å². The van der Waals surface area contributed by atoms with Gasteiger partial charge in [-0.2, -0.15) is 5.90 Å². The van der Waals surface area contributed by atoms with E-state index in [9.17, 15) is 4.57 Å². The molecule has 0 aromatic carbocycles. The van der Waals surface area contributed by atoms with E-state index < -0.39 is 7.72 Å². The topological polar surface area (TPSA) is 52.3 Å². The van der Waals surface area contributed by atoms with Crippen molar-refractivity contribution in [1.29, 1.82) is 0 Å². The minimum Gasteiger partial charge on any atom is -0.164 e. The average molecular weight is 112 g/mol. The molecule has 0 aliphatic carbocycles. The van der Waals surface area contributed by atoms with Crippen molar-refractivity contribution in [2.75, 3.05) is 0 Å². The molecule has 5 heavy (non-hydrogen) atoms. The molecule has 2 unspecified atom stereocenters. The van der Waals surface area contributed by atoms with Gasteiger partial charge in [-0.3, -0.25) is 0 Å². The van der Waals surface area contributed by atoms with E-state index in [1.165, 1.54) is 0 Å². The largest absolute Gasteiger partial charge is 0.535 e. The van der Waals surface area contributed by atoms with Gasteiger partial charge in [0.2, 0.25) is 0 Å². The Bertz CT molecular complexity index is 42.9. The fourth-order valence-corrected chi connectivity index (χ4v) is 0. The van der Waals surface area contributed by atoms with E-state index in [1.807, 2.05) is 8.93 Å². The van der Waals surface area contributed by atoms with Crippen LogP contribution in [0.3, 0.4) is 0 Å². The van der Waals surface area contributed by atoms with Gasteiger partial charge in [0.05, 0.1) is 0 Å². The minimum atomic E-state index is -1.65. The third kappa shape index (κ3) is 4.45. The Labute approximate surface area is 32.8 Å². The summed E-state index contributed by atoms with van der Waals surface area (Å²) in [6.07, 6.45) is 0. The van der Waals surface area contributed by atoms with Crippen molar-refractivity contribution < 1.29 is 9.19 Å². The first kappa shape index (κ1) is 5.45. The van der Waals surface area contributed by atoms with Gasteiger partial charge in [-0.15, -0.1) is 0 Å². The van der Waals surface area contributed by atoms with Gasteiger partial charge in [-0.1, -0.05) is 4.62 Å². The lowest BCUT2D eigenvalue weighted by Gasteiger charge is -1.58. The van der Waals surface area contributed by atoms with E-state index in [1.54, 1.807) is 0 Å². The van der Waals surface area contributed by atoms with Crippen molar-refractivity contribution in [3.05, 3.63) is 0 Å². The van der Waals surface area contributed by atoms with Crippen LogP contribution in [-0.4, -0.2) is 0 Å². The monoisotopic (exact) mass is 112 g/mol. The summed E-state index contributed by atoms with van der Waals surface area (Å²) in [5.74, 6) is 4.37. The Morgan fingerprint density at radius 3 is 2.20 bits per heavy atom. The number of nitrogens with two attached hydrogens (primary N) is 1. The predicted molar refractivity (Wildman–Crippen MR) is 22.6 cm³/mol. The summed E-state index contributed by atoms with van der Waals surface area (Å²) in [4.78, 5) is 0. The molecular formula is H4NO2P2+. The van der Waals surface area contributed by atoms with Gasteiger partial charge >= 0.3 is 7.72 Å². The highest BCUT2D eigenvalue weighted by atomic mass is 32.0. The number of hydrogen-bond donors (Lipinski definition) is 1. The molecule has 0 amide bonds. The molecule has 0 rings (SSSR count). The first-order chi connectivity index (χ1) is 2.27. The Kier molecular flexibility index (Phi) is 2.92. The minimum absolute atomic E-state index is 1.65. The van der Waals surface area contributed by atoms with Crippen LogP contribution in [0.15, 0.2) is 0 Å². The van der Waals surface area contributed by atoms with Crippen LogP contribution >= 0.6 is 16.6 Å². The maximum Gasteiger partial charge on any atom is 0.535 e. The molecule has 0 fully saturated rings. The van der Waals surface area contributed by atoms with Crippen molar-refractivity contribution in [3.63, 3.8) is 0 Å². The first-order valence-electron chi connectivity index (χ1n) is 0.859. The van der Waals surface area contributed by atoms with E-state index in [0.29, 0.717) is 0 Å². The van der Waals surface area contributed by atoms with Crippen molar-refractivity contribution >= 4 is 16.6 Å². The molecule has 0 spiro atoms. The second-order valence-corrected chi connectivity index (χ2v) is 2.44. The summed E-state index contributed by atoms with van der Waals surface area (Å²) in [5.41, 5.74) is 0. The van der Waals surface area contributed by atoms with Gasteiger partial charge in [0.25, 0.3) is 0 Å². The Morgan fingerprint density at radius 2 is 2.20 bits per heavy atom. The van der Waals surface area contributed by atoms with Crippen LogP contribution in [0.4, 0.5) is 0 Å². The molecule has 0 heterocycles. The summed E-state index contributed by atoms with van der Waals surface area (Å²) in [6.45, 7) is 0. The quantitative estimate of drug-likeness (QED) is 0.394. The summed E-state index contributed by atoms with van der Waals surface area (Å²) in [7, 11) is 0.242. The molecule has 5 heteroatoms. The van der Waals surface area contributed by atoms with Crippen molar-refractivity contribution in [3.8, 4) is 0 Å². The standard InChI is InChI=1S/H4NO2P2/c1-3-5(2)4/h1,4H2/q+1. The third-order valence-electron chi connectivity index (χ3n) is 0.104. The van der Waals surface area contributed by atoms with E-state index in [0.717, 1.165) is 0 Å². The SMILES string of the molecule is NO[P+](=O)P. The summed E-state index contributed by atoms with van der Waals surface area (Å²) in [6, 6.07) is 0. The second-order valence-electron chi connectivity index (χ2n) is 0.391. The first-order valence-corrected chi connectivity index (χ1v) is 3.65. The zero-order valence-corrected chi connectivity index (χ0v) is 4.47. The maximum absolute atomic E-state index is 9.58. The molecular weight excluding hydrogens is 108 g/mol.